The molecule has 1 aliphatic carbocycles. The van der Waals surface area contributed by atoms with Crippen LogP contribution in [0.4, 0.5) is 0 Å². The van der Waals surface area contributed by atoms with Crippen molar-refractivity contribution >= 4 is 11.6 Å². The van der Waals surface area contributed by atoms with Crippen LogP contribution in [0.3, 0.4) is 0 Å². The van der Waals surface area contributed by atoms with Gasteiger partial charge in [-0.05, 0) is 50.5 Å². The van der Waals surface area contributed by atoms with Crippen LogP contribution in [0.1, 0.15) is 44.0 Å². The molecule has 1 heterocycles. The lowest BCUT2D eigenvalue weighted by atomic mass is 9.78. The first kappa shape index (κ1) is 12.9. The highest BCUT2D eigenvalue weighted by Crippen LogP contribution is 2.36. The van der Waals surface area contributed by atoms with Gasteiger partial charge in [-0.1, -0.05) is 13.3 Å². The molecule has 2 nitrogen and oxygen atoms in total. The predicted octanol–water partition coefficient (Wildman–Crippen LogP) is 3.70. The maximum absolute atomic E-state index is 6.48. The summed E-state index contributed by atoms with van der Waals surface area (Å²) < 4.78 is 2.01. The van der Waals surface area contributed by atoms with Gasteiger partial charge in [0.25, 0.3) is 0 Å². The zero-order chi connectivity index (χ0) is 12.4. The first-order chi connectivity index (χ1) is 8.10. The third-order valence-electron chi connectivity index (χ3n) is 4.15. The van der Waals surface area contributed by atoms with Crippen molar-refractivity contribution < 1.29 is 0 Å². The molecule has 3 atom stereocenters. The van der Waals surface area contributed by atoms with Crippen LogP contribution >= 0.6 is 11.6 Å². The monoisotopic (exact) mass is 254 g/mol. The Bertz CT molecular complexity index is 372. The van der Waals surface area contributed by atoms with E-state index in [0.29, 0.717) is 11.3 Å². The minimum atomic E-state index is 0.355. The van der Waals surface area contributed by atoms with Crippen LogP contribution in [0, 0.1) is 18.8 Å². The van der Waals surface area contributed by atoms with Gasteiger partial charge in [-0.15, -0.1) is 11.6 Å². The number of halogens is 1. The fourth-order valence-corrected chi connectivity index (χ4v) is 3.35. The van der Waals surface area contributed by atoms with E-state index >= 15 is 0 Å². The summed E-state index contributed by atoms with van der Waals surface area (Å²) in [4.78, 5) is 0. The highest BCUT2D eigenvalue weighted by molar-refractivity contribution is 6.20. The van der Waals surface area contributed by atoms with Crippen LogP contribution in [-0.4, -0.2) is 15.2 Å². The quantitative estimate of drug-likeness (QED) is 0.752. The summed E-state index contributed by atoms with van der Waals surface area (Å²) in [5, 5.41) is 4.77. The van der Waals surface area contributed by atoms with Crippen molar-refractivity contribution in [1.82, 2.24) is 9.78 Å². The Labute approximate surface area is 109 Å². The molecule has 1 aromatic heterocycles. The van der Waals surface area contributed by atoms with Crippen LogP contribution < -0.4 is 0 Å². The third kappa shape index (κ3) is 3.04. The lowest BCUT2D eigenvalue weighted by molar-refractivity contribution is 0.262. The van der Waals surface area contributed by atoms with Crippen molar-refractivity contribution in [3.8, 4) is 0 Å². The van der Waals surface area contributed by atoms with Crippen molar-refractivity contribution in [1.29, 1.82) is 0 Å². The molecule has 0 aliphatic heterocycles. The number of alkyl halides is 1. The van der Waals surface area contributed by atoms with Gasteiger partial charge in [0.05, 0.1) is 5.69 Å². The summed E-state index contributed by atoms with van der Waals surface area (Å²) in [6.45, 7) is 4.35. The van der Waals surface area contributed by atoms with Gasteiger partial charge < -0.3 is 0 Å². The number of hydrogen-bond acceptors (Lipinski definition) is 1. The molecule has 0 aromatic carbocycles. The molecule has 1 fully saturated rings. The Hall–Kier alpha value is -0.500. The molecule has 0 N–H and O–H groups in total. The summed E-state index contributed by atoms with van der Waals surface area (Å²) in [6.07, 6.45) is 6.16. The van der Waals surface area contributed by atoms with Gasteiger partial charge in [0.2, 0.25) is 0 Å². The van der Waals surface area contributed by atoms with Gasteiger partial charge >= 0.3 is 0 Å². The number of aryl methyl sites for hydroxylation is 2. The average molecular weight is 255 g/mol. The lowest BCUT2D eigenvalue weighted by Crippen LogP contribution is -2.27. The second kappa shape index (κ2) is 5.43. The topological polar surface area (TPSA) is 17.8 Å². The highest BCUT2D eigenvalue weighted by Gasteiger charge is 2.29. The zero-order valence-corrected chi connectivity index (χ0v) is 11.9. The molecule has 2 rings (SSSR count). The Kier molecular flexibility index (Phi) is 4.13. The Morgan fingerprint density at radius 1 is 1.47 bits per heavy atom. The fourth-order valence-electron chi connectivity index (χ4n) is 3.03. The van der Waals surface area contributed by atoms with E-state index in [9.17, 15) is 0 Å². The van der Waals surface area contributed by atoms with E-state index in [1.807, 2.05) is 11.7 Å². The third-order valence-corrected chi connectivity index (χ3v) is 4.72. The number of aromatic nitrogens is 2. The van der Waals surface area contributed by atoms with Crippen molar-refractivity contribution in [2.24, 2.45) is 18.9 Å². The van der Waals surface area contributed by atoms with Gasteiger partial charge in [0.1, 0.15) is 0 Å². The molecule has 17 heavy (non-hydrogen) atoms. The second-order valence-corrected chi connectivity index (χ2v) is 6.03. The molecule has 1 aliphatic rings. The van der Waals surface area contributed by atoms with E-state index in [0.717, 1.165) is 18.0 Å². The van der Waals surface area contributed by atoms with Gasteiger partial charge in [-0.3, -0.25) is 4.68 Å². The molecule has 3 heteroatoms. The van der Waals surface area contributed by atoms with Crippen molar-refractivity contribution in [3.05, 3.63) is 17.5 Å². The molecule has 0 bridgehead atoms. The van der Waals surface area contributed by atoms with E-state index in [-0.39, 0.29) is 0 Å². The van der Waals surface area contributed by atoms with Crippen molar-refractivity contribution in [2.45, 2.75) is 51.3 Å². The Balaban J connectivity index is 2.03. The summed E-state index contributed by atoms with van der Waals surface area (Å²) in [5.74, 6) is 1.51. The van der Waals surface area contributed by atoms with E-state index in [1.54, 1.807) is 0 Å². The first-order valence-electron chi connectivity index (χ1n) is 6.73. The molecule has 0 saturated heterocycles. The minimum Gasteiger partial charge on any atom is -0.272 e. The molecule has 0 amide bonds. The molecule has 3 unspecified atom stereocenters. The maximum Gasteiger partial charge on any atom is 0.0596 e. The molecule has 0 spiro atoms. The molecule has 1 aromatic rings. The van der Waals surface area contributed by atoms with Crippen LogP contribution in [0.15, 0.2) is 6.07 Å². The van der Waals surface area contributed by atoms with Gasteiger partial charge in [-0.25, -0.2) is 0 Å². The normalized spacial score (nSPS) is 29.5. The Morgan fingerprint density at radius 3 is 2.82 bits per heavy atom. The minimum absolute atomic E-state index is 0.355. The van der Waals surface area contributed by atoms with Crippen LogP contribution in [0.2, 0.25) is 0 Å². The molecular formula is C14H23ClN2. The van der Waals surface area contributed by atoms with Crippen LogP contribution in [-0.2, 0) is 13.5 Å². The smallest absolute Gasteiger partial charge is 0.0596 e. The largest absolute Gasteiger partial charge is 0.272 e. The molecule has 0 radical (unpaired) electrons. The van der Waals surface area contributed by atoms with Gasteiger partial charge in [0.15, 0.2) is 0 Å². The Morgan fingerprint density at radius 2 is 2.24 bits per heavy atom. The van der Waals surface area contributed by atoms with Gasteiger partial charge in [0, 0.05) is 18.1 Å². The fraction of sp³-hybridized carbons (Fsp3) is 0.786. The molecule has 1 saturated carbocycles. The van der Waals surface area contributed by atoms with Crippen LogP contribution in [0.5, 0.6) is 0 Å². The number of rotatable bonds is 3. The molecular weight excluding hydrogens is 232 g/mol. The first-order valence-corrected chi connectivity index (χ1v) is 7.17. The van der Waals surface area contributed by atoms with E-state index < -0.39 is 0 Å². The SMILES string of the molecule is CCC1CCC(Cl)C(Cc2cc(C)nn2C)C1. The van der Waals surface area contributed by atoms with E-state index in [4.69, 9.17) is 11.6 Å². The standard InChI is InChI=1S/C14H23ClN2/c1-4-11-5-6-14(15)12(8-11)9-13-7-10(2)16-17(13)3/h7,11-12,14H,4-6,8-9H2,1-3H3. The number of hydrogen-bond donors (Lipinski definition) is 0. The summed E-state index contributed by atoms with van der Waals surface area (Å²) in [5.41, 5.74) is 2.44. The highest BCUT2D eigenvalue weighted by atomic mass is 35.5. The zero-order valence-electron chi connectivity index (χ0n) is 11.1. The summed E-state index contributed by atoms with van der Waals surface area (Å²) >= 11 is 6.48. The van der Waals surface area contributed by atoms with E-state index in [1.165, 1.54) is 31.4 Å². The van der Waals surface area contributed by atoms with Gasteiger partial charge in [-0.2, -0.15) is 5.10 Å². The molecule has 96 valence electrons. The average Bonchev–Trinajstić information content (AvgIpc) is 2.60. The van der Waals surface area contributed by atoms with Crippen molar-refractivity contribution in [2.75, 3.05) is 0 Å². The summed E-state index contributed by atoms with van der Waals surface area (Å²) in [7, 11) is 2.03. The maximum atomic E-state index is 6.48. The predicted molar refractivity (Wildman–Crippen MR) is 72.4 cm³/mol. The number of nitrogens with zero attached hydrogens (tertiary/aromatic N) is 2. The lowest BCUT2D eigenvalue weighted by Gasteiger charge is -2.32. The van der Waals surface area contributed by atoms with Crippen LogP contribution in [0.25, 0.3) is 0 Å². The van der Waals surface area contributed by atoms with E-state index in [2.05, 4.69) is 25.0 Å². The van der Waals surface area contributed by atoms with Crippen molar-refractivity contribution in [3.63, 3.8) is 0 Å². The summed E-state index contributed by atoms with van der Waals surface area (Å²) in [6, 6.07) is 2.19. The second-order valence-electron chi connectivity index (χ2n) is 5.47.